The Morgan fingerprint density at radius 1 is 1.17 bits per heavy atom. The molecule has 0 aliphatic rings. The Morgan fingerprint density at radius 2 is 1.78 bits per heavy atom. The molecule has 0 heterocycles. The normalized spacial score (nSPS) is 12.5. The van der Waals surface area contributed by atoms with E-state index in [1.807, 2.05) is 39.8 Å². The highest BCUT2D eigenvalue weighted by atomic mass is 16.5. The van der Waals surface area contributed by atoms with Crippen LogP contribution in [0.1, 0.15) is 34.0 Å². The van der Waals surface area contributed by atoms with Crippen molar-refractivity contribution in [2.75, 3.05) is 20.3 Å². The number of Topliss-reactive ketones (excluding diaryl/α,β-unsaturated/α-hetero) is 1. The minimum Gasteiger partial charge on any atom is -0.382 e. The molecule has 0 bridgehead atoms. The summed E-state index contributed by atoms with van der Waals surface area (Å²) in [6.45, 7) is 8.52. The fourth-order valence-corrected chi connectivity index (χ4v) is 1.84. The molecule has 0 radical (unpaired) electrons. The molecule has 3 heteroatoms. The van der Waals surface area contributed by atoms with Gasteiger partial charge in [0.2, 0.25) is 0 Å². The predicted molar refractivity (Wildman–Crippen MR) is 72.3 cm³/mol. The Bertz CT molecular complexity index is 424. The van der Waals surface area contributed by atoms with Gasteiger partial charge in [-0.2, -0.15) is 0 Å². The smallest absolute Gasteiger partial charge is 0.188 e. The highest BCUT2D eigenvalue weighted by Crippen LogP contribution is 2.16. The van der Waals surface area contributed by atoms with Gasteiger partial charge in [0.25, 0.3) is 0 Å². The SMILES string of the molecule is COCC(C)OCC(=O)c1cc(C)c(C)cc1C. The summed E-state index contributed by atoms with van der Waals surface area (Å²) in [5, 5.41) is 0. The molecule has 0 saturated heterocycles. The van der Waals surface area contributed by atoms with Gasteiger partial charge in [-0.25, -0.2) is 0 Å². The fourth-order valence-electron chi connectivity index (χ4n) is 1.84. The minimum atomic E-state index is -0.0641. The second-order valence-electron chi connectivity index (χ2n) is 4.75. The van der Waals surface area contributed by atoms with Crippen LogP contribution >= 0.6 is 0 Å². The molecule has 1 aromatic rings. The molecule has 1 unspecified atom stereocenters. The van der Waals surface area contributed by atoms with Gasteiger partial charge >= 0.3 is 0 Å². The van der Waals surface area contributed by atoms with Crippen molar-refractivity contribution in [1.82, 2.24) is 0 Å². The second-order valence-corrected chi connectivity index (χ2v) is 4.75. The van der Waals surface area contributed by atoms with Crippen molar-refractivity contribution in [2.24, 2.45) is 0 Å². The molecule has 0 fully saturated rings. The molecule has 0 saturated carbocycles. The third kappa shape index (κ3) is 3.93. The van der Waals surface area contributed by atoms with Crippen molar-refractivity contribution in [3.8, 4) is 0 Å². The Balaban J connectivity index is 2.70. The maximum Gasteiger partial charge on any atom is 0.188 e. The van der Waals surface area contributed by atoms with E-state index in [2.05, 4.69) is 0 Å². The molecule has 1 rings (SSSR count). The van der Waals surface area contributed by atoms with Gasteiger partial charge in [-0.05, 0) is 50.5 Å². The quantitative estimate of drug-likeness (QED) is 0.728. The molecule has 0 aliphatic heterocycles. The molecule has 0 amide bonds. The standard InChI is InChI=1S/C15H22O3/c1-10-6-12(3)14(7-11(10)2)15(16)9-18-13(4)8-17-5/h6-7,13H,8-9H2,1-5H3. The number of benzene rings is 1. The van der Waals surface area contributed by atoms with E-state index < -0.39 is 0 Å². The molecule has 1 aromatic carbocycles. The van der Waals surface area contributed by atoms with Gasteiger partial charge in [0.05, 0.1) is 12.7 Å². The highest BCUT2D eigenvalue weighted by Gasteiger charge is 2.12. The molecule has 0 aromatic heterocycles. The zero-order chi connectivity index (χ0) is 13.7. The van der Waals surface area contributed by atoms with Crippen LogP contribution in [0.4, 0.5) is 0 Å². The first-order valence-corrected chi connectivity index (χ1v) is 6.17. The number of carbonyl (C=O) groups is 1. The minimum absolute atomic E-state index is 0.0264. The third-order valence-corrected chi connectivity index (χ3v) is 3.04. The maximum atomic E-state index is 12.1. The predicted octanol–water partition coefficient (Wildman–Crippen LogP) is 2.85. The fraction of sp³-hybridized carbons (Fsp3) is 0.533. The van der Waals surface area contributed by atoms with E-state index in [1.165, 1.54) is 5.56 Å². The zero-order valence-corrected chi connectivity index (χ0v) is 11.9. The van der Waals surface area contributed by atoms with Gasteiger partial charge in [-0.3, -0.25) is 4.79 Å². The van der Waals surface area contributed by atoms with Crippen LogP contribution in [0.3, 0.4) is 0 Å². The van der Waals surface area contributed by atoms with Crippen molar-refractivity contribution < 1.29 is 14.3 Å². The number of ether oxygens (including phenoxy) is 2. The molecular weight excluding hydrogens is 228 g/mol. The number of methoxy groups -OCH3 is 1. The lowest BCUT2D eigenvalue weighted by molar-refractivity contribution is 0.0125. The molecule has 0 spiro atoms. The van der Waals surface area contributed by atoms with Gasteiger partial charge in [0.15, 0.2) is 5.78 Å². The van der Waals surface area contributed by atoms with Crippen LogP contribution in [0.15, 0.2) is 12.1 Å². The third-order valence-electron chi connectivity index (χ3n) is 3.04. The molecular formula is C15H22O3. The Kier molecular flexibility index (Phi) is 5.51. The Hall–Kier alpha value is -1.19. The van der Waals surface area contributed by atoms with Crippen LogP contribution in [0.2, 0.25) is 0 Å². The van der Waals surface area contributed by atoms with E-state index in [4.69, 9.17) is 9.47 Å². The Labute approximate surface area is 109 Å². The average Bonchev–Trinajstić information content (AvgIpc) is 2.31. The summed E-state index contributed by atoms with van der Waals surface area (Å²) in [5.74, 6) is 0.0264. The van der Waals surface area contributed by atoms with Crippen LogP contribution in [0, 0.1) is 20.8 Å². The maximum absolute atomic E-state index is 12.1. The first-order chi connectivity index (χ1) is 8.45. The summed E-state index contributed by atoms with van der Waals surface area (Å²) >= 11 is 0. The summed E-state index contributed by atoms with van der Waals surface area (Å²) in [5.41, 5.74) is 4.10. The molecule has 100 valence electrons. The van der Waals surface area contributed by atoms with Crippen LogP contribution < -0.4 is 0 Å². The van der Waals surface area contributed by atoms with Gasteiger partial charge < -0.3 is 9.47 Å². The van der Waals surface area contributed by atoms with E-state index in [9.17, 15) is 4.79 Å². The van der Waals surface area contributed by atoms with Gasteiger partial charge in [0, 0.05) is 12.7 Å². The summed E-state index contributed by atoms with van der Waals surface area (Å²) in [7, 11) is 1.62. The van der Waals surface area contributed by atoms with E-state index >= 15 is 0 Å². The summed E-state index contributed by atoms with van der Waals surface area (Å²) in [6.07, 6.45) is -0.0641. The van der Waals surface area contributed by atoms with Crippen LogP contribution in [-0.4, -0.2) is 32.2 Å². The lowest BCUT2D eigenvalue weighted by Gasteiger charge is -2.13. The van der Waals surface area contributed by atoms with E-state index in [1.54, 1.807) is 7.11 Å². The number of aryl methyl sites for hydroxylation is 3. The van der Waals surface area contributed by atoms with Crippen LogP contribution in [-0.2, 0) is 9.47 Å². The van der Waals surface area contributed by atoms with Crippen molar-refractivity contribution >= 4 is 5.78 Å². The number of ketones is 1. The zero-order valence-electron chi connectivity index (χ0n) is 11.9. The van der Waals surface area contributed by atoms with Gasteiger partial charge in [-0.15, -0.1) is 0 Å². The van der Waals surface area contributed by atoms with Crippen molar-refractivity contribution in [3.63, 3.8) is 0 Å². The molecule has 1 atom stereocenters. The van der Waals surface area contributed by atoms with Gasteiger partial charge in [-0.1, -0.05) is 6.07 Å². The Morgan fingerprint density at radius 3 is 2.39 bits per heavy atom. The first kappa shape index (κ1) is 14.9. The lowest BCUT2D eigenvalue weighted by Crippen LogP contribution is -2.20. The number of hydrogen-bond donors (Lipinski definition) is 0. The van der Waals surface area contributed by atoms with Crippen LogP contribution in [0.5, 0.6) is 0 Å². The summed E-state index contributed by atoms with van der Waals surface area (Å²) < 4.78 is 10.4. The number of rotatable bonds is 6. The van der Waals surface area contributed by atoms with Crippen LogP contribution in [0.25, 0.3) is 0 Å². The van der Waals surface area contributed by atoms with Crippen molar-refractivity contribution in [2.45, 2.75) is 33.8 Å². The van der Waals surface area contributed by atoms with Crippen molar-refractivity contribution in [3.05, 3.63) is 34.4 Å². The highest BCUT2D eigenvalue weighted by molar-refractivity contribution is 5.98. The monoisotopic (exact) mass is 250 g/mol. The molecule has 3 nitrogen and oxygen atoms in total. The summed E-state index contributed by atoms with van der Waals surface area (Å²) in [6, 6.07) is 3.98. The molecule has 18 heavy (non-hydrogen) atoms. The van der Waals surface area contributed by atoms with E-state index in [0.717, 1.165) is 16.7 Å². The molecule has 0 aliphatic carbocycles. The second kappa shape index (κ2) is 6.66. The summed E-state index contributed by atoms with van der Waals surface area (Å²) in [4.78, 5) is 12.1. The van der Waals surface area contributed by atoms with Crippen molar-refractivity contribution in [1.29, 1.82) is 0 Å². The molecule has 0 N–H and O–H groups in total. The largest absolute Gasteiger partial charge is 0.382 e. The topological polar surface area (TPSA) is 35.5 Å². The van der Waals surface area contributed by atoms with E-state index in [0.29, 0.717) is 6.61 Å². The average molecular weight is 250 g/mol. The lowest BCUT2D eigenvalue weighted by atomic mass is 9.98. The number of carbonyl (C=O) groups excluding carboxylic acids is 1. The van der Waals surface area contributed by atoms with Gasteiger partial charge in [0.1, 0.15) is 6.61 Å². The number of hydrogen-bond acceptors (Lipinski definition) is 3. The van der Waals surface area contributed by atoms with E-state index in [-0.39, 0.29) is 18.5 Å². The first-order valence-electron chi connectivity index (χ1n) is 6.17.